The minimum Gasteiger partial charge on any atom is -0.458 e. The Morgan fingerprint density at radius 2 is 1.75 bits per heavy atom. The highest BCUT2D eigenvalue weighted by atomic mass is 19.4. The van der Waals surface area contributed by atoms with Crippen LogP contribution in [0.5, 0.6) is 0 Å². The summed E-state index contributed by atoms with van der Waals surface area (Å²) in [6.07, 6.45) is -3.76. The van der Waals surface area contributed by atoms with Gasteiger partial charge in [-0.25, -0.2) is 9.78 Å². The number of carbonyl (C=O) groups excluding carboxylic acids is 1. The number of halogens is 4. The summed E-state index contributed by atoms with van der Waals surface area (Å²) in [5, 5.41) is 0. The van der Waals surface area contributed by atoms with Crippen LogP contribution < -0.4 is 0 Å². The van der Waals surface area contributed by atoms with Crippen molar-refractivity contribution in [1.82, 2.24) is 9.55 Å². The average molecular weight is 344 g/mol. The molecule has 0 amide bonds. The first-order valence-corrected chi connectivity index (χ1v) is 7.21. The Morgan fingerprint density at radius 1 is 1.17 bits per heavy atom. The molecule has 1 heterocycles. The maximum absolute atomic E-state index is 13.8. The molecule has 0 radical (unpaired) electrons. The zero-order valence-electron chi connectivity index (χ0n) is 13.3. The van der Waals surface area contributed by atoms with Gasteiger partial charge in [0.05, 0.1) is 24.0 Å². The molecular weight excluding hydrogens is 328 g/mol. The Labute approximate surface area is 136 Å². The van der Waals surface area contributed by atoms with Crippen LogP contribution in [0.1, 0.15) is 48.4 Å². The van der Waals surface area contributed by atoms with E-state index in [9.17, 15) is 22.4 Å². The van der Waals surface area contributed by atoms with Crippen molar-refractivity contribution in [2.24, 2.45) is 0 Å². The molecule has 1 aromatic carbocycles. The van der Waals surface area contributed by atoms with Gasteiger partial charge in [-0.3, -0.25) is 0 Å². The van der Waals surface area contributed by atoms with E-state index in [1.165, 1.54) is 16.7 Å². The lowest BCUT2D eigenvalue weighted by atomic mass is 10.1. The molecule has 1 aromatic heterocycles. The van der Waals surface area contributed by atoms with E-state index in [0.29, 0.717) is 5.56 Å². The predicted molar refractivity (Wildman–Crippen MR) is 78.0 cm³/mol. The van der Waals surface area contributed by atoms with E-state index < -0.39 is 35.8 Å². The van der Waals surface area contributed by atoms with Gasteiger partial charge >= 0.3 is 12.1 Å². The fraction of sp³-hybridized carbons (Fsp3) is 0.375. The molecule has 0 saturated carbocycles. The van der Waals surface area contributed by atoms with Gasteiger partial charge in [-0.1, -0.05) is 12.1 Å². The quantitative estimate of drug-likeness (QED) is 0.616. The predicted octanol–water partition coefficient (Wildman–Crippen LogP) is 4.22. The molecule has 1 atom stereocenters. The lowest BCUT2D eigenvalue weighted by molar-refractivity contribution is -0.137. The van der Waals surface area contributed by atoms with Crippen molar-refractivity contribution in [1.29, 1.82) is 0 Å². The smallest absolute Gasteiger partial charge is 0.416 e. The molecule has 0 aliphatic rings. The third kappa shape index (κ3) is 3.74. The molecule has 0 N–H and O–H groups in total. The fourth-order valence-electron chi connectivity index (χ4n) is 2.20. The maximum atomic E-state index is 13.8. The Hall–Kier alpha value is -2.38. The molecule has 0 spiro atoms. The van der Waals surface area contributed by atoms with Crippen molar-refractivity contribution in [2.45, 2.75) is 39.1 Å². The van der Waals surface area contributed by atoms with E-state index in [2.05, 4.69) is 4.98 Å². The highest BCUT2D eigenvalue weighted by molar-refractivity contribution is 5.87. The summed E-state index contributed by atoms with van der Waals surface area (Å²) < 4.78 is 57.9. The number of esters is 1. The van der Waals surface area contributed by atoms with Crippen molar-refractivity contribution in [3.05, 3.63) is 53.4 Å². The number of nitrogens with zero attached hydrogens (tertiary/aromatic N) is 2. The molecule has 8 heteroatoms. The summed E-state index contributed by atoms with van der Waals surface area (Å²) in [6, 6.07) is 3.83. The number of aromatic nitrogens is 2. The Kier molecular flexibility index (Phi) is 4.96. The highest BCUT2D eigenvalue weighted by Crippen LogP contribution is 2.30. The van der Waals surface area contributed by atoms with Crippen molar-refractivity contribution in [2.75, 3.05) is 0 Å². The molecule has 0 saturated heterocycles. The third-order valence-electron chi connectivity index (χ3n) is 3.42. The van der Waals surface area contributed by atoms with E-state index in [1.54, 1.807) is 20.8 Å². The number of ether oxygens (including phenoxy) is 1. The zero-order valence-corrected chi connectivity index (χ0v) is 13.3. The van der Waals surface area contributed by atoms with Crippen LogP contribution in [0.4, 0.5) is 17.6 Å². The van der Waals surface area contributed by atoms with Crippen molar-refractivity contribution in [3.8, 4) is 0 Å². The summed E-state index contributed by atoms with van der Waals surface area (Å²) in [5.74, 6) is -1.86. The van der Waals surface area contributed by atoms with Crippen LogP contribution in [0.2, 0.25) is 0 Å². The van der Waals surface area contributed by atoms with E-state index in [0.717, 1.165) is 18.5 Å². The number of imidazole rings is 1. The van der Waals surface area contributed by atoms with Crippen LogP contribution in [-0.4, -0.2) is 21.6 Å². The molecule has 0 aliphatic heterocycles. The lowest BCUT2D eigenvalue weighted by Gasteiger charge is -2.18. The zero-order chi connectivity index (χ0) is 18.1. The molecule has 0 aliphatic carbocycles. The summed E-state index contributed by atoms with van der Waals surface area (Å²) in [6.45, 7) is 4.86. The molecule has 24 heavy (non-hydrogen) atoms. The van der Waals surface area contributed by atoms with Gasteiger partial charge in [-0.2, -0.15) is 17.6 Å². The summed E-state index contributed by atoms with van der Waals surface area (Å²) in [4.78, 5) is 15.5. The largest absolute Gasteiger partial charge is 0.458 e. The van der Waals surface area contributed by atoms with Crippen molar-refractivity contribution < 1.29 is 27.1 Å². The molecule has 4 nitrogen and oxygen atoms in total. The van der Waals surface area contributed by atoms with Crippen LogP contribution in [0.25, 0.3) is 0 Å². The van der Waals surface area contributed by atoms with Crippen molar-refractivity contribution >= 4 is 5.97 Å². The van der Waals surface area contributed by atoms with Gasteiger partial charge in [-0.15, -0.1) is 0 Å². The highest BCUT2D eigenvalue weighted by Gasteiger charge is 2.30. The van der Waals surface area contributed by atoms with E-state index in [4.69, 9.17) is 4.74 Å². The topological polar surface area (TPSA) is 44.1 Å². The number of hydrogen-bond acceptors (Lipinski definition) is 3. The van der Waals surface area contributed by atoms with Gasteiger partial charge in [0.1, 0.15) is 0 Å². The fourth-order valence-corrected chi connectivity index (χ4v) is 2.20. The maximum Gasteiger partial charge on any atom is 0.416 e. The van der Waals surface area contributed by atoms with Gasteiger partial charge in [0.2, 0.25) is 5.95 Å². The Balaban J connectivity index is 2.33. The number of hydrogen-bond donors (Lipinski definition) is 0. The minimum absolute atomic E-state index is 0.365. The summed E-state index contributed by atoms with van der Waals surface area (Å²) in [5.41, 5.74) is -0.676. The van der Waals surface area contributed by atoms with Crippen LogP contribution in [0.15, 0.2) is 30.6 Å². The lowest BCUT2D eigenvalue weighted by Crippen LogP contribution is -2.19. The number of rotatable bonds is 4. The first-order valence-electron chi connectivity index (χ1n) is 7.21. The van der Waals surface area contributed by atoms with Gasteiger partial charge in [0.25, 0.3) is 0 Å². The molecule has 130 valence electrons. The van der Waals surface area contributed by atoms with Gasteiger partial charge < -0.3 is 9.30 Å². The van der Waals surface area contributed by atoms with Crippen LogP contribution >= 0.6 is 0 Å². The molecule has 2 rings (SSSR count). The van der Waals surface area contributed by atoms with Gasteiger partial charge in [0, 0.05) is 0 Å². The van der Waals surface area contributed by atoms with Gasteiger partial charge in [-0.05, 0) is 38.5 Å². The number of benzene rings is 1. The molecule has 0 unspecified atom stereocenters. The van der Waals surface area contributed by atoms with E-state index in [-0.39, 0.29) is 5.69 Å². The average Bonchev–Trinajstić information content (AvgIpc) is 2.87. The third-order valence-corrected chi connectivity index (χ3v) is 3.42. The van der Waals surface area contributed by atoms with Crippen molar-refractivity contribution in [3.63, 3.8) is 0 Å². The van der Waals surface area contributed by atoms with Gasteiger partial charge in [0.15, 0.2) is 5.69 Å². The normalized spacial score (nSPS) is 13.2. The second-order valence-electron chi connectivity index (χ2n) is 5.54. The van der Waals surface area contributed by atoms with Crippen LogP contribution in [0, 0.1) is 5.95 Å². The second kappa shape index (κ2) is 6.62. The van der Waals surface area contributed by atoms with E-state index >= 15 is 0 Å². The molecule has 2 aromatic rings. The number of carbonyl (C=O) groups is 1. The van der Waals surface area contributed by atoms with Crippen LogP contribution in [-0.2, 0) is 10.9 Å². The molecular formula is C16H16F4N2O2. The first kappa shape index (κ1) is 18.0. The summed E-state index contributed by atoms with van der Waals surface area (Å²) in [7, 11) is 0. The Morgan fingerprint density at radius 3 is 2.25 bits per heavy atom. The molecule has 0 bridgehead atoms. The standard InChI is InChI=1S/C16H16F4N2O2/c1-9(2)24-15(23)13-14(17)21-8-22(13)10(3)11-4-6-12(7-5-11)16(18,19)20/h4-10H,1-3H3/t10-/m1/s1. The van der Waals surface area contributed by atoms with E-state index in [1.807, 2.05) is 0 Å². The minimum atomic E-state index is -4.44. The summed E-state index contributed by atoms with van der Waals surface area (Å²) >= 11 is 0. The van der Waals surface area contributed by atoms with Crippen LogP contribution in [0.3, 0.4) is 0 Å². The number of alkyl halides is 3. The first-order chi connectivity index (χ1) is 11.1. The SMILES string of the molecule is CC(C)OC(=O)c1c(F)ncn1[C@H](C)c1ccc(C(F)(F)F)cc1. The second-order valence-corrected chi connectivity index (χ2v) is 5.54. The Bertz CT molecular complexity index is 721. The monoisotopic (exact) mass is 344 g/mol. The molecule has 0 fully saturated rings.